The second-order valence-corrected chi connectivity index (χ2v) is 5.55. The minimum Gasteiger partial charge on any atom is -0.352 e. The maximum absolute atomic E-state index is 11.8. The van der Waals surface area contributed by atoms with E-state index < -0.39 is 0 Å². The molecule has 1 unspecified atom stereocenters. The first-order valence-electron chi connectivity index (χ1n) is 7.43. The Labute approximate surface area is 121 Å². The summed E-state index contributed by atoms with van der Waals surface area (Å²) < 4.78 is 0. The molecule has 2 N–H and O–H groups in total. The molecule has 1 saturated heterocycles. The van der Waals surface area contributed by atoms with Crippen LogP contribution in [0.25, 0.3) is 0 Å². The van der Waals surface area contributed by atoms with Crippen LogP contribution in [0.15, 0.2) is 30.3 Å². The Bertz CT molecular complexity index is 413. The van der Waals surface area contributed by atoms with Gasteiger partial charge in [-0.05, 0) is 32.4 Å². The molecular weight excluding hydrogens is 250 g/mol. The summed E-state index contributed by atoms with van der Waals surface area (Å²) in [6.07, 6.45) is 2.07. The van der Waals surface area contributed by atoms with Crippen molar-refractivity contribution in [3.8, 4) is 0 Å². The van der Waals surface area contributed by atoms with E-state index in [1.807, 2.05) is 20.0 Å². The minimum absolute atomic E-state index is 0.106. The van der Waals surface area contributed by atoms with Crippen LogP contribution in [0.5, 0.6) is 0 Å². The topological polar surface area (TPSA) is 44.4 Å². The predicted molar refractivity (Wildman–Crippen MR) is 81.4 cm³/mol. The number of piperidine rings is 1. The average molecular weight is 275 g/mol. The lowest BCUT2D eigenvalue weighted by atomic mass is 10.0. The van der Waals surface area contributed by atoms with E-state index in [4.69, 9.17) is 0 Å². The number of likely N-dealkylation sites (N-methyl/N-ethyl adjacent to an activating group) is 1. The van der Waals surface area contributed by atoms with E-state index in [2.05, 4.69) is 39.8 Å². The third-order valence-electron chi connectivity index (χ3n) is 4.01. The Hall–Kier alpha value is -1.39. The Kier molecular flexibility index (Phi) is 5.56. The van der Waals surface area contributed by atoms with Crippen LogP contribution >= 0.6 is 0 Å². The lowest BCUT2D eigenvalue weighted by Crippen LogP contribution is -2.49. The van der Waals surface area contributed by atoms with Gasteiger partial charge in [-0.25, -0.2) is 0 Å². The normalized spacial score (nSPS) is 18.7. The molecule has 0 bridgehead atoms. The Balaban J connectivity index is 1.74. The summed E-state index contributed by atoms with van der Waals surface area (Å²) in [6, 6.07) is 10.8. The van der Waals surface area contributed by atoms with E-state index in [9.17, 15) is 4.79 Å². The van der Waals surface area contributed by atoms with Crippen LogP contribution in [-0.2, 0) is 11.3 Å². The molecule has 2 rings (SSSR count). The number of benzene rings is 1. The van der Waals surface area contributed by atoms with Crippen LogP contribution in [0.4, 0.5) is 0 Å². The summed E-state index contributed by atoms with van der Waals surface area (Å²) in [7, 11) is 1.81. The number of nitrogens with zero attached hydrogens (tertiary/aromatic N) is 1. The van der Waals surface area contributed by atoms with Crippen LogP contribution in [0.3, 0.4) is 0 Å². The highest BCUT2D eigenvalue weighted by Crippen LogP contribution is 2.13. The van der Waals surface area contributed by atoms with Crippen LogP contribution in [-0.4, -0.2) is 43.0 Å². The number of amides is 1. The van der Waals surface area contributed by atoms with Gasteiger partial charge in [0, 0.05) is 25.7 Å². The zero-order chi connectivity index (χ0) is 14.4. The third-order valence-corrected chi connectivity index (χ3v) is 4.01. The minimum atomic E-state index is -0.114. The molecule has 1 aliphatic rings. The fourth-order valence-corrected chi connectivity index (χ4v) is 2.53. The molecule has 1 aromatic carbocycles. The van der Waals surface area contributed by atoms with E-state index >= 15 is 0 Å². The molecule has 110 valence electrons. The largest absolute Gasteiger partial charge is 0.352 e. The smallest absolute Gasteiger partial charge is 0.237 e. The lowest BCUT2D eigenvalue weighted by molar-refractivity contribution is -0.123. The molecule has 0 saturated carbocycles. The van der Waals surface area contributed by atoms with Gasteiger partial charge in [-0.2, -0.15) is 0 Å². The van der Waals surface area contributed by atoms with Crippen LogP contribution in [0.1, 0.15) is 25.3 Å². The van der Waals surface area contributed by atoms with Crippen molar-refractivity contribution in [2.45, 2.75) is 38.4 Å². The molecule has 20 heavy (non-hydrogen) atoms. The summed E-state index contributed by atoms with van der Waals surface area (Å²) in [5, 5.41) is 6.10. The molecule has 0 spiro atoms. The van der Waals surface area contributed by atoms with E-state index in [1.54, 1.807) is 0 Å². The second-order valence-electron chi connectivity index (χ2n) is 5.55. The first-order valence-corrected chi connectivity index (χ1v) is 7.43. The molecule has 0 aliphatic carbocycles. The van der Waals surface area contributed by atoms with Gasteiger partial charge in [-0.3, -0.25) is 9.69 Å². The molecule has 0 aromatic heterocycles. The molecule has 1 atom stereocenters. The van der Waals surface area contributed by atoms with Crippen LogP contribution in [0, 0.1) is 0 Å². The lowest BCUT2D eigenvalue weighted by Gasteiger charge is -2.32. The summed E-state index contributed by atoms with van der Waals surface area (Å²) in [5.74, 6) is 0.106. The number of hydrogen-bond acceptors (Lipinski definition) is 3. The van der Waals surface area contributed by atoms with Gasteiger partial charge in [0.1, 0.15) is 0 Å². The monoisotopic (exact) mass is 275 g/mol. The van der Waals surface area contributed by atoms with Crippen molar-refractivity contribution in [2.75, 3.05) is 20.1 Å². The van der Waals surface area contributed by atoms with Gasteiger partial charge in [0.05, 0.1) is 6.04 Å². The SMILES string of the molecule is CNC(C)C(=O)NC1CCN(Cc2ccccc2)CC1. The van der Waals surface area contributed by atoms with Crippen molar-refractivity contribution in [3.05, 3.63) is 35.9 Å². The number of hydrogen-bond donors (Lipinski definition) is 2. The van der Waals surface area contributed by atoms with Gasteiger partial charge >= 0.3 is 0 Å². The molecule has 4 nitrogen and oxygen atoms in total. The van der Waals surface area contributed by atoms with Crippen molar-refractivity contribution < 1.29 is 4.79 Å². The third kappa shape index (κ3) is 4.32. The molecule has 4 heteroatoms. The van der Waals surface area contributed by atoms with E-state index in [1.165, 1.54) is 5.56 Å². The standard InChI is InChI=1S/C16H25N3O/c1-13(17-2)16(20)18-15-8-10-19(11-9-15)12-14-6-4-3-5-7-14/h3-7,13,15,17H,8-12H2,1-2H3,(H,18,20). The molecular formula is C16H25N3O. The first-order chi connectivity index (χ1) is 9.69. The van der Waals surface area contributed by atoms with E-state index in [0.717, 1.165) is 32.5 Å². The Morgan fingerprint density at radius 1 is 1.30 bits per heavy atom. The number of carbonyl (C=O) groups is 1. The summed E-state index contributed by atoms with van der Waals surface area (Å²) >= 11 is 0. The first kappa shape index (κ1) is 15.0. The summed E-state index contributed by atoms with van der Waals surface area (Å²) in [5.41, 5.74) is 1.36. The summed E-state index contributed by atoms with van der Waals surface area (Å²) in [6.45, 7) is 5.00. The van der Waals surface area contributed by atoms with E-state index in [0.29, 0.717) is 6.04 Å². The van der Waals surface area contributed by atoms with Crippen molar-refractivity contribution in [1.82, 2.24) is 15.5 Å². The quantitative estimate of drug-likeness (QED) is 0.853. The Morgan fingerprint density at radius 3 is 2.55 bits per heavy atom. The molecule has 1 fully saturated rings. The van der Waals surface area contributed by atoms with Gasteiger partial charge in [0.25, 0.3) is 0 Å². The fraction of sp³-hybridized carbons (Fsp3) is 0.562. The van der Waals surface area contributed by atoms with Crippen LogP contribution < -0.4 is 10.6 Å². The number of likely N-dealkylation sites (tertiary alicyclic amines) is 1. The zero-order valence-corrected chi connectivity index (χ0v) is 12.4. The average Bonchev–Trinajstić information content (AvgIpc) is 2.49. The zero-order valence-electron chi connectivity index (χ0n) is 12.4. The Morgan fingerprint density at radius 2 is 1.95 bits per heavy atom. The molecule has 1 heterocycles. The van der Waals surface area contributed by atoms with Gasteiger partial charge in [0.2, 0.25) is 5.91 Å². The summed E-state index contributed by atoms with van der Waals surface area (Å²) in [4.78, 5) is 14.3. The molecule has 1 amide bonds. The predicted octanol–water partition coefficient (Wildman–Crippen LogP) is 1.38. The fourth-order valence-electron chi connectivity index (χ4n) is 2.53. The highest BCUT2D eigenvalue weighted by Gasteiger charge is 2.22. The maximum atomic E-state index is 11.8. The number of nitrogens with one attached hydrogen (secondary N) is 2. The van der Waals surface area contributed by atoms with Crippen molar-refractivity contribution in [3.63, 3.8) is 0 Å². The molecule has 1 aliphatic heterocycles. The van der Waals surface area contributed by atoms with Gasteiger partial charge < -0.3 is 10.6 Å². The second kappa shape index (κ2) is 7.41. The van der Waals surface area contributed by atoms with Crippen LogP contribution in [0.2, 0.25) is 0 Å². The maximum Gasteiger partial charge on any atom is 0.237 e. The van der Waals surface area contributed by atoms with Gasteiger partial charge in [0.15, 0.2) is 0 Å². The highest BCUT2D eigenvalue weighted by molar-refractivity contribution is 5.81. The van der Waals surface area contributed by atoms with Gasteiger partial charge in [-0.1, -0.05) is 30.3 Å². The molecule has 1 aromatic rings. The van der Waals surface area contributed by atoms with Gasteiger partial charge in [-0.15, -0.1) is 0 Å². The van der Waals surface area contributed by atoms with E-state index in [-0.39, 0.29) is 11.9 Å². The van der Waals surface area contributed by atoms with Crippen molar-refractivity contribution >= 4 is 5.91 Å². The van der Waals surface area contributed by atoms with Crippen molar-refractivity contribution in [2.24, 2.45) is 0 Å². The van der Waals surface area contributed by atoms with Crippen molar-refractivity contribution in [1.29, 1.82) is 0 Å². The number of carbonyl (C=O) groups excluding carboxylic acids is 1. The molecule has 0 radical (unpaired) electrons. The number of rotatable bonds is 5. The highest BCUT2D eigenvalue weighted by atomic mass is 16.2.